The van der Waals surface area contributed by atoms with Crippen molar-refractivity contribution < 1.29 is 17.8 Å². The van der Waals surface area contributed by atoms with Crippen LogP contribution in [0.25, 0.3) is 32.7 Å². The Morgan fingerprint density at radius 1 is 1.00 bits per heavy atom. The number of pyridine rings is 1. The first-order valence-electron chi connectivity index (χ1n) is 10.8. The van der Waals surface area contributed by atoms with Crippen LogP contribution in [0.3, 0.4) is 0 Å². The van der Waals surface area contributed by atoms with Crippen molar-refractivity contribution in [2.24, 2.45) is 15.3 Å². The Hall–Kier alpha value is -4.55. The fourth-order valence-corrected chi connectivity index (χ4v) is 4.64. The summed E-state index contributed by atoms with van der Waals surface area (Å²) in [6.45, 7) is 1.62. The van der Waals surface area contributed by atoms with Crippen LogP contribution in [0.15, 0.2) is 87.0 Å². The van der Waals surface area contributed by atoms with Crippen LogP contribution in [0.1, 0.15) is 6.92 Å². The van der Waals surface area contributed by atoms with Gasteiger partial charge in [-0.15, -0.1) is 5.11 Å². The lowest BCUT2D eigenvalue weighted by Gasteiger charge is -2.13. The minimum absolute atomic E-state index is 0.182. The van der Waals surface area contributed by atoms with Gasteiger partial charge in [0.25, 0.3) is 16.0 Å². The molecule has 0 fully saturated rings. The summed E-state index contributed by atoms with van der Waals surface area (Å²) in [7, 11) is -4.43. The first-order chi connectivity index (χ1) is 17.3. The van der Waals surface area contributed by atoms with Gasteiger partial charge in [-0.05, 0) is 54.1 Å². The Morgan fingerprint density at radius 3 is 2.56 bits per heavy atom. The number of carbonyl (C=O) groups is 1. The van der Waals surface area contributed by atoms with Gasteiger partial charge in [0.15, 0.2) is 17.5 Å². The first-order valence-corrected chi connectivity index (χ1v) is 12.3. The van der Waals surface area contributed by atoms with Crippen molar-refractivity contribution in [3.05, 3.63) is 66.7 Å². The maximum Gasteiger partial charge on any atom is 0.294 e. The number of hydrazone groups is 1. The van der Waals surface area contributed by atoms with Crippen LogP contribution in [0.2, 0.25) is 0 Å². The van der Waals surface area contributed by atoms with Crippen LogP contribution in [-0.2, 0) is 14.9 Å². The van der Waals surface area contributed by atoms with Crippen molar-refractivity contribution in [2.45, 2.75) is 17.9 Å². The fourth-order valence-electron chi connectivity index (χ4n) is 4.12. The number of hydrogen-bond donors (Lipinski definition) is 2. The summed E-state index contributed by atoms with van der Waals surface area (Å²) in [6.07, 6.45) is 0. The van der Waals surface area contributed by atoms with E-state index in [2.05, 4.69) is 30.5 Å². The number of aromatic nitrogens is 3. The van der Waals surface area contributed by atoms with E-state index in [1.807, 2.05) is 42.5 Å². The molecular weight excluding hydrogens is 482 g/mol. The zero-order valence-corrected chi connectivity index (χ0v) is 19.5. The zero-order chi connectivity index (χ0) is 25.0. The molecule has 0 saturated heterocycles. The summed E-state index contributed by atoms with van der Waals surface area (Å²) >= 11 is 0. The molecule has 36 heavy (non-hydrogen) atoms. The van der Waals surface area contributed by atoms with Crippen molar-refractivity contribution >= 4 is 66.0 Å². The molecule has 1 amide bonds. The van der Waals surface area contributed by atoms with Crippen LogP contribution in [0.5, 0.6) is 0 Å². The number of H-pyrrole nitrogens is 1. The quantitative estimate of drug-likeness (QED) is 0.212. The van der Waals surface area contributed by atoms with E-state index in [4.69, 9.17) is 0 Å². The second-order valence-corrected chi connectivity index (χ2v) is 9.73. The molecule has 5 aromatic rings. The summed E-state index contributed by atoms with van der Waals surface area (Å²) in [6, 6.07) is 18.3. The summed E-state index contributed by atoms with van der Waals surface area (Å²) in [5.41, 5.74) is 1.83. The maximum atomic E-state index is 13.0. The molecule has 1 atom stereocenters. The molecule has 6 rings (SSSR count). The molecule has 178 valence electrons. The van der Waals surface area contributed by atoms with Crippen molar-refractivity contribution in [3.63, 3.8) is 0 Å². The summed E-state index contributed by atoms with van der Waals surface area (Å²) < 4.78 is 32.2. The highest BCUT2D eigenvalue weighted by Gasteiger charge is 2.35. The number of benzene rings is 3. The maximum absolute atomic E-state index is 13.0. The highest BCUT2D eigenvalue weighted by Crippen LogP contribution is 2.30. The molecule has 0 saturated carbocycles. The van der Waals surface area contributed by atoms with Crippen LogP contribution in [-0.4, -0.2) is 45.8 Å². The van der Waals surface area contributed by atoms with Gasteiger partial charge in [-0.3, -0.25) is 14.4 Å². The molecule has 3 heterocycles. The monoisotopic (exact) mass is 499 g/mol. The largest absolute Gasteiger partial charge is 0.294 e. The molecule has 1 unspecified atom stereocenters. The minimum atomic E-state index is -4.43. The second kappa shape index (κ2) is 8.00. The number of azo groups is 1. The molecule has 11 nitrogen and oxygen atoms in total. The van der Waals surface area contributed by atoms with E-state index in [-0.39, 0.29) is 10.6 Å². The Balaban J connectivity index is 1.32. The molecule has 0 bridgehead atoms. The lowest BCUT2D eigenvalue weighted by atomic mass is 10.1. The normalized spacial score (nSPS) is 16.6. The van der Waals surface area contributed by atoms with E-state index in [1.54, 1.807) is 6.92 Å². The molecular formula is C24H17N7O4S. The summed E-state index contributed by atoms with van der Waals surface area (Å²) in [4.78, 5) is 17.3. The number of rotatable bonds is 4. The highest BCUT2D eigenvalue weighted by molar-refractivity contribution is 7.85. The topological polar surface area (TPSA) is 153 Å². The number of fused-ring (bicyclic) bond motifs is 3. The SMILES string of the molecule is CC1=NN(c2cccc(S(=O)(=O)O)c2)C(=O)C1N=Nc1[nH]nc2nc3cc4ccccc4cc3cc12. The molecule has 1 aliphatic rings. The number of amides is 1. The van der Waals surface area contributed by atoms with Gasteiger partial charge in [0, 0.05) is 5.39 Å². The number of nitrogens with zero attached hydrogens (tertiary/aromatic N) is 6. The number of anilines is 1. The molecule has 1 aliphatic heterocycles. The lowest BCUT2D eigenvalue weighted by Crippen LogP contribution is -2.29. The van der Waals surface area contributed by atoms with Gasteiger partial charge in [0.2, 0.25) is 0 Å². The van der Waals surface area contributed by atoms with Gasteiger partial charge in [0.1, 0.15) is 0 Å². The predicted octanol–water partition coefficient (Wildman–Crippen LogP) is 4.39. The lowest BCUT2D eigenvalue weighted by molar-refractivity contribution is -0.117. The minimum Gasteiger partial charge on any atom is -0.282 e. The van der Waals surface area contributed by atoms with Crippen molar-refractivity contribution in [3.8, 4) is 0 Å². The zero-order valence-electron chi connectivity index (χ0n) is 18.7. The average Bonchev–Trinajstić information content (AvgIpc) is 3.38. The Morgan fingerprint density at radius 2 is 1.78 bits per heavy atom. The van der Waals surface area contributed by atoms with Gasteiger partial charge in [-0.1, -0.05) is 30.3 Å². The van der Waals surface area contributed by atoms with Crippen LogP contribution < -0.4 is 5.01 Å². The number of aromatic amines is 1. The van der Waals surface area contributed by atoms with Crippen LogP contribution >= 0.6 is 0 Å². The standard InChI is InChI=1S/C24H17N7O4S/c1-13-21(24(32)31(30-13)17-7-4-8-18(12-17)36(33,34)35)26-28-23-19-10-16-9-14-5-2-3-6-15(14)11-20(16)25-22(19)27-29-23/h2-12,21H,1H3,(H,25,27,29)(H,33,34,35). The Kier molecular flexibility index (Phi) is 4.88. The van der Waals surface area contributed by atoms with Gasteiger partial charge < -0.3 is 0 Å². The third-order valence-corrected chi connectivity index (χ3v) is 6.76. The van der Waals surface area contributed by atoms with Crippen molar-refractivity contribution in [2.75, 3.05) is 5.01 Å². The second-order valence-electron chi connectivity index (χ2n) is 8.31. The molecule has 2 aromatic heterocycles. The van der Waals surface area contributed by atoms with Gasteiger partial charge in [0.05, 0.1) is 27.2 Å². The van der Waals surface area contributed by atoms with Crippen LogP contribution in [0, 0.1) is 0 Å². The number of carbonyl (C=O) groups excluding carboxylic acids is 1. The summed E-state index contributed by atoms with van der Waals surface area (Å²) in [5.74, 6) is -0.164. The molecule has 2 N–H and O–H groups in total. The summed E-state index contributed by atoms with van der Waals surface area (Å²) in [5, 5.41) is 24.5. The van der Waals surface area contributed by atoms with Crippen molar-refractivity contribution in [1.82, 2.24) is 15.2 Å². The highest BCUT2D eigenvalue weighted by atomic mass is 32.2. The third-order valence-electron chi connectivity index (χ3n) is 5.91. The van der Waals surface area contributed by atoms with E-state index < -0.39 is 22.1 Å². The predicted molar refractivity (Wildman–Crippen MR) is 134 cm³/mol. The Labute approximate surface area is 203 Å². The fraction of sp³-hybridized carbons (Fsp3) is 0.0833. The van der Waals surface area contributed by atoms with E-state index in [1.165, 1.54) is 18.2 Å². The molecule has 3 aromatic carbocycles. The number of hydrogen-bond acceptors (Lipinski definition) is 8. The molecule has 0 aliphatic carbocycles. The van der Waals surface area contributed by atoms with Crippen LogP contribution in [0.4, 0.5) is 11.5 Å². The first kappa shape index (κ1) is 21.9. The van der Waals surface area contributed by atoms with E-state index in [0.717, 1.165) is 32.8 Å². The van der Waals surface area contributed by atoms with Gasteiger partial charge in [-0.2, -0.15) is 28.7 Å². The van der Waals surface area contributed by atoms with Gasteiger partial charge >= 0.3 is 0 Å². The van der Waals surface area contributed by atoms with E-state index in [9.17, 15) is 17.8 Å². The van der Waals surface area contributed by atoms with E-state index >= 15 is 0 Å². The van der Waals surface area contributed by atoms with Gasteiger partial charge in [-0.25, -0.2) is 4.98 Å². The molecule has 0 spiro atoms. The average molecular weight is 500 g/mol. The van der Waals surface area contributed by atoms with E-state index in [0.29, 0.717) is 22.6 Å². The van der Waals surface area contributed by atoms with Crippen molar-refractivity contribution in [1.29, 1.82) is 0 Å². The Bertz CT molecular complexity index is 1880. The molecule has 0 radical (unpaired) electrons. The molecule has 12 heteroatoms. The third kappa shape index (κ3) is 3.68. The number of nitrogens with one attached hydrogen (secondary N) is 1. The smallest absolute Gasteiger partial charge is 0.282 e.